The van der Waals surface area contributed by atoms with Gasteiger partial charge < -0.3 is 15.6 Å². The lowest BCUT2D eigenvalue weighted by atomic mass is 10.1. The molecule has 4 nitrogen and oxygen atoms in total. The Labute approximate surface area is 107 Å². The van der Waals surface area contributed by atoms with Crippen LogP contribution < -0.4 is 11.1 Å². The van der Waals surface area contributed by atoms with E-state index in [-0.39, 0.29) is 5.91 Å². The highest BCUT2D eigenvalue weighted by Gasteiger charge is 2.11. The van der Waals surface area contributed by atoms with Crippen LogP contribution in [0.4, 0.5) is 0 Å². The molecule has 0 unspecified atom stereocenters. The van der Waals surface area contributed by atoms with Crippen LogP contribution in [0.5, 0.6) is 0 Å². The minimum atomic E-state index is 0.00448. The normalized spacial score (nSPS) is 10.8. The van der Waals surface area contributed by atoms with E-state index in [0.717, 1.165) is 0 Å². The number of hydrogen-bond acceptors (Lipinski definition) is 2. The van der Waals surface area contributed by atoms with Gasteiger partial charge in [-0.1, -0.05) is 18.2 Å². The first-order valence-electron chi connectivity index (χ1n) is 6.14. The number of nitrogens with zero attached hydrogens (tertiary/aromatic N) is 1. The molecule has 4 heteroatoms. The number of aryl methyl sites for hydroxylation is 1. The maximum absolute atomic E-state index is 11.5. The summed E-state index contributed by atoms with van der Waals surface area (Å²) in [5.41, 5.74) is 8.91. The second kappa shape index (κ2) is 5.23. The van der Waals surface area contributed by atoms with Crippen LogP contribution >= 0.6 is 0 Å². The smallest absolute Gasteiger partial charge is 0.221 e. The Balaban J connectivity index is 2.28. The van der Waals surface area contributed by atoms with Crippen LogP contribution in [0.25, 0.3) is 10.9 Å². The molecule has 0 saturated carbocycles. The summed E-state index contributed by atoms with van der Waals surface area (Å²) in [6.07, 6.45) is 0.379. The van der Waals surface area contributed by atoms with Crippen LogP contribution in [0.2, 0.25) is 0 Å². The molecule has 2 aromatic rings. The molecule has 0 bridgehead atoms. The first kappa shape index (κ1) is 12.6. The number of amides is 1. The van der Waals surface area contributed by atoms with Crippen molar-refractivity contribution >= 4 is 16.8 Å². The molecule has 0 aliphatic carbocycles. The predicted octanol–water partition coefficient (Wildman–Crippen LogP) is 1.45. The molecule has 1 aromatic heterocycles. The molecule has 1 aromatic carbocycles. The van der Waals surface area contributed by atoms with Gasteiger partial charge in [-0.25, -0.2) is 0 Å². The molecule has 0 saturated heterocycles. The lowest BCUT2D eigenvalue weighted by Gasteiger charge is -2.05. The Morgan fingerprint density at radius 3 is 2.83 bits per heavy atom. The van der Waals surface area contributed by atoms with Crippen LogP contribution in [-0.4, -0.2) is 17.0 Å². The zero-order chi connectivity index (χ0) is 13.1. The molecule has 2 rings (SSSR count). The summed E-state index contributed by atoms with van der Waals surface area (Å²) in [5.74, 6) is 0.00448. The van der Waals surface area contributed by atoms with Crippen molar-refractivity contribution in [1.82, 2.24) is 9.88 Å². The van der Waals surface area contributed by atoms with Gasteiger partial charge in [0.1, 0.15) is 0 Å². The number of hydrogen-bond donors (Lipinski definition) is 2. The van der Waals surface area contributed by atoms with Gasteiger partial charge in [-0.3, -0.25) is 4.79 Å². The second-order valence-electron chi connectivity index (χ2n) is 4.46. The third kappa shape index (κ3) is 2.24. The van der Waals surface area contributed by atoms with E-state index >= 15 is 0 Å². The molecule has 0 fully saturated rings. The van der Waals surface area contributed by atoms with E-state index in [9.17, 15) is 4.79 Å². The van der Waals surface area contributed by atoms with Gasteiger partial charge >= 0.3 is 0 Å². The maximum Gasteiger partial charge on any atom is 0.221 e. The Kier molecular flexibility index (Phi) is 3.67. The zero-order valence-corrected chi connectivity index (χ0v) is 10.9. The number of rotatable bonds is 4. The molecular formula is C14H19N3O. The topological polar surface area (TPSA) is 60.1 Å². The van der Waals surface area contributed by atoms with Gasteiger partial charge in [0.15, 0.2) is 0 Å². The molecule has 0 radical (unpaired) electrons. The van der Waals surface area contributed by atoms with Gasteiger partial charge in [0.05, 0.1) is 0 Å². The summed E-state index contributed by atoms with van der Waals surface area (Å²) in [5, 5.41) is 4.11. The summed E-state index contributed by atoms with van der Waals surface area (Å²) < 4.78 is 2.15. The summed E-state index contributed by atoms with van der Waals surface area (Å²) in [6, 6.07) is 8.23. The fourth-order valence-electron chi connectivity index (χ4n) is 2.23. The van der Waals surface area contributed by atoms with E-state index in [4.69, 9.17) is 5.73 Å². The van der Waals surface area contributed by atoms with Crippen molar-refractivity contribution in [2.75, 3.05) is 6.54 Å². The standard InChI is InChI=1S/C14H19N3O/c1-10-12(9-16-14(18)7-8-15)11-5-3-4-6-13(11)17(10)2/h3-6H,7-9,15H2,1-2H3,(H,16,18). The molecule has 0 spiro atoms. The van der Waals surface area contributed by atoms with E-state index in [0.29, 0.717) is 19.5 Å². The van der Waals surface area contributed by atoms with Crippen molar-refractivity contribution in [3.8, 4) is 0 Å². The lowest BCUT2D eigenvalue weighted by Crippen LogP contribution is -2.25. The average Bonchev–Trinajstić information content (AvgIpc) is 2.61. The van der Waals surface area contributed by atoms with Crippen molar-refractivity contribution in [1.29, 1.82) is 0 Å². The first-order chi connectivity index (χ1) is 8.65. The quantitative estimate of drug-likeness (QED) is 0.856. The number of nitrogens with one attached hydrogen (secondary N) is 1. The van der Waals surface area contributed by atoms with Crippen LogP contribution in [0.3, 0.4) is 0 Å². The number of para-hydroxylation sites is 1. The van der Waals surface area contributed by atoms with Gasteiger partial charge in [-0.2, -0.15) is 0 Å². The molecular weight excluding hydrogens is 226 g/mol. The fraction of sp³-hybridized carbons (Fsp3) is 0.357. The SMILES string of the molecule is Cc1c(CNC(=O)CCN)c2ccccc2n1C. The van der Waals surface area contributed by atoms with E-state index < -0.39 is 0 Å². The minimum absolute atomic E-state index is 0.00448. The summed E-state index contributed by atoms with van der Waals surface area (Å²) in [7, 11) is 2.04. The average molecular weight is 245 g/mol. The Morgan fingerprint density at radius 2 is 2.11 bits per heavy atom. The highest BCUT2D eigenvalue weighted by Crippen LogP contribution is 2.24. The number of carbonyl (C=O) groups is 1. The Bertz CT molecular complexity index is 572. The van der Waals surface area contributed by atoms with Crippen molar-refractivity contribution in [2.45, 2.75) is 19.9 Å². The largest absolute Gasteiger partial charge is 0.352 e. The van der Waals surface area contributed by atoms with Crippen molar-refractivity contribution in [3.05, 3.63) is 35.5 Å². The second-order valence-corrected chi connectivity index (χ2v) is 4.46. The third-order valence-electron chi connectivity index (χ3n) is 3.36. The fourth-order valence-corrected chi connectivity index (χ4v) is 2.23. The number of benzene rings is 1. The maximum atomic E-state index is 11.5. The molecule has 3 N–H and O–H groups in total. The van der Waals surface area contributed by atoms with Gasteiger partial charge in [-0.05, 0) is 18.6 Å². The van der Waals surface area contributed by atoms with Crippen LogP contribution in [-0.2, 0) is 18.4 Å². The molecule has 0 aliphatic rings. The van der Waals surface area contributed by atoms with Crippen molar-refractivity contribution in [2.24, 2.45) is 12.8 Å². The highest BCUT2D eigenvalue weighted by molar-refractivity contribution is 5.86. The van der Waals surface area contributed by atoms with Gasteiger partial charge in [-0.15, -0.1) is 0 Å². The van der Waals surface area contributed by atoms with E-state index in [1.54, 1.807) is 0 Å². The highest BCUT2D eigenvalue weighted by atomic mass is 16.1. The summed E-state index contributed by atoms with van der Waals surface area (Å²) in [4.78, 5) is 11.5. The number of fused-ring (bicyclic) bond motifs is 1. The van der Waals surface area contributed by atoms with Crippen molar-refractivity contribution in [3.63, 3.8) is 0 Å². The van der Waals surface area contributed by atoms with Crippen LogP contribution in [0, 0.1) is 6.92 Å². The van der Waals surface area contributed by atoms with E-state index in [1.165, 1.54) is 22.2 Å². The summed E-state index contributed by atoms with van der Waals surface area (Å²) in [6.45, 7) is 3.02. The summed E-state index contributed by atoms with van der Waals surface area (Å²) >= 11 is 0. The molecule has 1 heterocycles. The molecule has 0 atom stereocenters. The monoisotopic (exact) mass is 245 g/mol. The van der Waals surface area contributed by atoms with E-state index in [1.807, 2.05) is 19.2 Å². The van der Waals surface area contributed by atoms with Gasteiger partial charge in [0.2, 0.25) is 5.91 Å². The first-order valence-corrected chi connectivity index (χ1v) is 6.14. The van der Waals surface area contributed by atoms with E-state index in [2.05, 4.69) is 28.9 Å². The molecule has 18 heavy (non-hydrogen) atoms. The minimum Gasteiger partial charge on any atom is -0.352 e. The zero-order valence-electron chi connectivity index (χ0n) is 10.9. The van der Waals surface area contributed by atoms with Crippen LogP contribution in [0.1, 0.15) is 17.7 Å². The Morgan fingerprint density at radius 1 is 1.39 bits per heavy atom. The molecule has 0 aliphatic heterocycles. The third-order valence-corrected chi connectivity index (χ3v) is 3.36. The molecule has 96 valence electrons. The van der Waals surface area contributed by atoms with Gasteiger partial charge in [0, 0.05) is 43.2 Å². The molecule has 1 amide bonds. The Hall–Kier alpha value is -1.81. The van der Waals surface area contributed by atoms with Crippen LogP contribution in [0.15, 0.2) is 24.3 Å². The van der Waals surface area contributed by atoms with Gasteiger partial charge in [0.25, 0.3) is 0 Å². The lowest BCUT2D eigenvalue weighted by molar-refractivity contribution is -0.121. The van der Waals surface area contributed by atoms with Crippen molar-refractivity contribution < 1.29 is 4.79 Å². The number of carbonyl (C=O) groups excluding carboxylic acids is 1. The number of aromatic nitrogens is 1. The predicted molar refractivity (Wildman–Crippen MR) is 73.2 cm³/mol. The number of nitrogens with two attached hydrogens (primary N) is 1.